The van der Waals surface area contributed by atoms with Crippen molar-refractivity contribution in [3.05, 3.63) is 52.4 Å². The highest BCUT2D eigenvalue weighted by Gasteiger charge is 2.30. The van der Waals surface area contributed by atoms with E-state index in [9.17, 15) is 0 Å². The van der Waals surface area contributed by atoms with E-state index in [2.05, 4.69) is 58.0 Å². The molecule has 0 saturated carbocycles. The Labute approximate surface area is 118 Å². The Morgan fingerprint density at radius 2 is 1.78 bits per heavy atom. The Hall–Kier alpha value is -0.380. The zero-order valence-electron chi connectivity index (χ0n) is 10.0. The molecular formula is C15H14S3. The molecule has 3 heteroatoms. The summed E-state index contributed by atoms with van der Waals surface area (Å²) in [5.41, 5.74) is 3.09. The lowest BCUT2D eigenvalue weighted by molar-refractivity contribution is 0.712. The maximum absolute atomic E-state index is 2.46. The number of rotatable bonds is 1. The van der Waals surface area contributed by atoms with E-state index in [0.717, 1.165) is 0 Å². The summed E-state index contributed by atoms with van der Waals surface area (Å²) in [7, 11) is 4.58. The largest absolute Gasteiger partial charge is 0.0622 e. The summed E-state index contributed by atoms with van der Waals surface area (Å²) in [6, 6.07) is 10.8. The van der Waals surface area contributed by atoms with Gasteiger partial charge in [-0.2, -0.15) is 0 Å². The molecule has 0 spiro atoms. The Balaban J connectivity index is 1.69. The minimum absolute atomic E-state index is 0.365. The van der Waals surface area contributed by atoms with E-state index in [1.165, 1.54) is 36.2 Å². The first-order chi connectivity index (χ1) is 8.92. The normalized spacial score (nSPS) is 26.1. The molecule has 92 valence electrons. The molecule has 0 N–H and O–H groups in total. The third kappa shape index (κ3) is 1.84. The van der Waals surface area contributed by atoms with E-state index in [0.29, 0.717) is 8.55 Å². The Morgan fingerprint density at radius 3 is 2.67 bits per heavy atom. The average molecular weight is 290 g/mol. The molecule has 3 aliphatic rings. The van der Waals surface area contributed by atoms with Gasteiger partial charge in [0.2, 0.25) is 0 Å². The Morgan fingerprint density at radius 1 is 0.944 bits per heavy atom. The van der Waals surface area contributed by atoms with Gasteiger partial charge in [0.1, 0.15) is 0 Å². The minimum atomic E-state index is 0.365. The lowest BCUT2D eigenvalue weighted by Crippen LogP contribution is -2.01. The molecule has 0 bridgehead atoms. The zero-order chi connectivity index (χ0) is 11.9. The maximum Gasteiger partial charge on any atom is 0.0270 e. The topological polar surface area (TPSA) is 0 Å². The van der Waals surface area contributed by atoms with E-state index >= 15 is 0 Å². The van der Waals surface area contributed by atoms with Crippen molar-refractivity contribution in [2.24, 2.45) is 0 Å². The van der Waals surface area contributed by atoms with Crippen LogP contribution in [0.4, 0.5) is 0 Å². The summed E-state index contributed by atoms with van der Waals surface area (Å²) in [6.07, 6.45) is 7.90. The predicted octanol–water partition coefficient (Wildman–Crippen LogP) is 5.62. The van der Waals surface area contributed by atoms with Gasteiger partial charge in [0.25, 0.3) is 0 Å². The average Bonchev–Trinajstić information content (AvgIpc) is 2.97. The Kier molecular flexibility index (Phi) is 2.94. The summed E-state index contributed by atoms with van der Waals surface area (Å²) in [5.74, 6) is 0. The summed E-state index contributed by atoms with van der Waals surface area (Å²) in [6.45, 7) is 0. The van der Waals surface area contributed by atoms with Gasteiger partial charge in [-0.05, 0) is 42.9 Å². The number of hydrogen-bond donors (Lipinski definition) is 0. The third-order valence-corrected chi connectivity index (χ3v) is 10.1. The zero-order valence-corrected chi connectivity index (χ0v) is 12.5. The molecule has 0 aromatic heterocycles. The van der Waals surface area contributed by atoms with Crippen LogP contribution in [0.25, 0.3) is 4.91 Å². The fourth-order valence-electron chi connectivity index (χ4n) is 2.62. The van der Waals surface area contributed by atoms with E-state index in [4.69, 9.17) is 0 Å². The standard InChI is InChI=1S/C15H14S3/c1-2-6-11(7-3-1)14-10-15-12-8-4-5-9-13(12)16-18(15)17-14/h1-3,6-7,10H,4-5,8-9H2. The molecule has 0 amide bonds. The SMILES string of the molecule is C1=C(c2ccccc2)SS2=C1C1=C(CCCC1)S2. The van der Waals surface area contributed by atoms with Crippen molar-refractivity contribution in [3.8, 4) is 0 Å². The van der Waals surface area contributed by atoms with Gasteiger partial charge >= 0.3 is 0 Å². The highest BCUT2D eigenvalue weighted by atomic mass is 33.5. The minimum Gasteiger partial charge on any atom is -0.0622 e. The second kappa shape index (κ2) is 4.62. The Bertz CT molecular complexity index is 593. The van der Waals surface area contributed by atoms with Crippen LogP contribution in [-0.2, 0) is 0 Å². The molecule has 18 heavy (non-hydrogen) atoms. The molecule has 0 saturated heterocycles. The van der Waals surface area contributed by atoms with Crippen molar-refractivity contribution in [2.45, 2.75) is 25.7 Å². The van der Waals surface area contributed by atoms with Crippen LogP contribution in [0.5, 0.6) is 0 Å². The molecule has 1 unspecified atom stereocenters. The molecule has 1 atom stereocenters. The van der Waals surface area contributed by atoms with Crippen LogP contribution in [0, 0.1) is 0 Å². The van der Waals surface area contributed by atoms with Crippen LogP contribution in [-0.4, -0.2) is 4.86 Å². The molecule has 2 aliphatic heterocycles. The summed E-state index contributed by atoms with van der Waals surface area (Å²) in [4.78, 5) is 4.83. The maximum atomic E-state index is 2.46. The monoisotopic (exact) mass is 290 g/mol. The quantitative estimate of drug-likeness (QED) is 0.486. The van der Waals surface area contributed by atoms with E-state index in [-0.39, 0.29) is 0 Å². The van der Waals surface area contributed by atoms with Crippen molar-refractivity contribution in [1.29, 1.82) is 0 Å². The molecule has 0 nitrogen and oxygen atoms in total. The van der Waals surface area contributed by atoms with Crippen molar-refractivity contribution < 1.29 is 0 Å². The van der Waals surface area contributed by atoms with Gasteiger partial charge in [0.15, 0.2) is 0 Å². The summed E-state index contributed by atoms with van der Waals surface area (Å²) >= 11 is 0. The van der Waals surface area contributed by atoms with Gasteiger partial charge in [-0.1, -0.05) is 60.5 Å². The summed E-state index contributed by atoms with van der Waals surface area (Å²) in [5, 5.41) is 0. The molecule has 1 aliphatic carbocycles. The van der Waals surface area contributed by atoms with Crippen molar-refractivity contribution in [1.82, 2.24) is 0 Å². The van der Waals surface area contributed by atoms with E-state index in [1.807, 2.05) is 0 Å². The first kappa shape index (κ1) is 11.4. The van der Waals surface area contributed by atoms with Crippen LogP contribution < -0.4 is 0 Å². The first-order valence-electron chi connectivity index (χ1n) is 6.39. The van der Waals surface area contributed by atoms with Crippen LogP contribution in [0.1, 0.15) is 31.2 Å². The fourth-order valence-corrected chi connectivity index (χ4v) is 10.2. The van der Waals surface area contributed by atoms with Gasteiger partial charge < -0.3 is 0 Å². The van der Waals surface area contributed by atoms with Crippen molar-refractivity contribution in [2.75, 3.05) is 0 Å². The van der Waals surface area contributed by atoms with Gasteiger partial charge in [0.05, 0.1) is 0 Å². The lowest BCUT2D eigenvalue weighted by atomic mass is 9.96. The molecule has 4 rings (SSSR count). The third-order valence-electron chi connectivity index (χ3n) is 3.56. The molecule has 1 aromatic carbocycles. The first-order valence-corrected chi connectivity index (χ1v) is 10.3. The van der Waals surface area contributed by atoms with Gasteiger partial charge in [-0.25, -0.2) is 0 Å². The van der Waals surface area contributed by atoms with Crippen molar-refractivity contribution >= 4 is 39.9 Å². The smallest absolute Gasteiger partial charge is 0.0270 e. The predicted molar refractivity (Wildman–Crippen MR) is 87.7 cm³/mol. The highest BCUT2D eigenvalue weighted by Crippen LogP contribution is 2.64. The van der Waals surface area contributed by atoms with Crippen LogP contribution in [0.3, 0.4) is 0 Å². The second-order valence-corrected chi connectivity index (χ2v) is 10.6. The lowest BCUT2D eigenvalue weighted by Gasteiger charge is -2.14. The molecular weight excluding hydrogens is 276 g/mol. The van der Waals surface area contributed by atoms with Crippen LogP contribution in [0.15, 0.2) is 46.9 Å². The number of fused-ring (bicyclic) bond motifs is 1. The van der Waals surface area contributed by atoms with Gasteiger partial charge in [-0.15, -0.1) is 0 Å². The van der Waals surface area contributed by atoms with E-state index < -0.39 is 0 Å². The number of hydrogen-bond acceptors (Lipinski definition) is 2. The fraction of sp³-hybridized carbons (Fsp3) is 0.267. The second-order valence-electron chi connectivity index (χ2n) is 4.75. The van der Waals surface area contributed by atoms with E-state index in [1.54, 1.807) is 15.3 Å². The molecule has 2 heterocycles. The highest BCUT2D eigenvalue weighted by molar-refractivity contribution is 9.18. The van der Waals surface area contributed by atoms with Gasteiger partial charge in [-0.3, -0.25) is 0 Å². The molecule has 1 aromatic rings. The van der Waals surface area contributed by atoms with Gasteiger partial charge in [0, 0.05) is 14.7 Å². The number of allylic oxidation sites excluding steroid dienone is 3. The van der Waals surface area contributed by atoms with Crippen molar-refractivity contribution in [3.63, 3.8) is 0 Å². The molecule has 0 radical (unpaired) electrons. The molecule has 0 fully saturated rings. The van der Waals surface area contributed by atoms with Crippen LogP contribution in [0.2, 0.25) is 0 Å². The van der Waals surface area contributed by atoms with Crippen LogP contribution >= 0.6 is 30.1 Å². The number of benzene rings is 1. The summed E-state index contributed by atoms with van der Waals surface area (Å²) < 4.78 is 0.